The Bertz CT molecular complexity index is 731. The first-order valence-electron chi connectivity index (χ1n) is 8.78. The monoisotopic (exact) mass is 310 g/mol. The first kappa shape index (κ1) is 14.8. The molecule has 2 aliphatic heterocycles. The van der Waals surface area contributed by atoms with Crippen LogP contribution in [0.3, 0.4) is 0 Å². The third-order valence-electron chi connectivity index (χ3n) is 5.50. The number of aromatic nitrogens is 2. The van der Waals surface area contributed by atoms with Crippen LogP contribution in [0.15, 0.2) is 18.2 Å². The van der Waals surface area contributed by atoms with Gasteiger partial charge in [0.2, 0.25) is 0 Å². The Morgan fingerprint density at radius 1 is 1.17 bits per heavy atom. The largest absolute Gasteiger partial charge is 0.369 e. The van der Waals surface area contributed by atoms with Gasteiger partial charge >= 0.3 is 0 Å². The van der Waals surface area contributed by atoms with E-state index in [0.717, 1.165) is 13.0 Å². The SMILES string of the molecule is Cc1ccc(-n2nc(C3CCCCN3C)c3c2NCC3)cc1C. The van der Waals surface area contributed by atoms with Crippen molar-refractivity contribution in [3.8, 4) is 5.69 Å². The van der Waals surface area contributed by atoms with E-state index < -0.39 is 0 Å². The van der Waals surface area contributed by atoms with Crippen LogP contribution in [0, 0.1) is 13.8 Å². The molecule has 4 nitrogen and oxygen atoms in total. The molecule has 3 heterocycles. The van der Waals surface area contributed by atoms with Crippen molar-refractivity contribution in [2.45, 2.75) is 45.6 Å². The topological polar surface area (TPSA) is 33.1 Å². The van der Waals surface area contributed by atoms with E-state index in [1.54, 1.807) is 0 Å². The number of hydrogen-bond acceptors (Lipinski definition) is 3. The normalized spacial score (nSPS) is 21.3. The lowest BCUT2D eigenvalue weighted by atomic mass is 9.97. The molecule has 4 heteroatoms. The number of nitrogens with zero attached hydrogens (tertiary/aromatic N) is 3. The number of nitrogens with one attached hydrogen (secondary N) is 1. The van der Waals surface area contributed by atoms with Crippen molar-refractivity contribution < 1.29 is 0 Å². The highest BCUT2D eigenvalue weighted by molar-refractivity contribution is 5.58. The highest BCUT2D eigenvalue weighted by Gasteiger charge is 2.31. The number of fused-ring (bicyclic) bond motifs is 1. The lowest BCUT2D eigenvalue weighted by Gasteiger charge is -2.31. The van der Waals surface area contributed by atoms with E-state index in [4.69, 9.17) is 5.10 Å². The van der Waals surface area contributed by atoms with Crippen molar-refractivity contribution in [2.75, 3.05) is 25.5 Å². The summed E-state index contributed by atoms with van der Waals surface area (Å²) in [6.45, 7) is 6.55. The molecule has 2 aliphatic rings. The van der Waals surface area contributed by atoms with E-state index in [0.29, 0.717) is 6.04 Å². The van der Waals surface area contributed by atoms with Gasteiger partial charge in [-0.3, -0.25) is 4.90 Å². The molecule has 122 valence electrons. The summed E-state index contributed by atoms with van der Waals surface area (Å²) >= 11 is 0. The van der Waals surface area contributed by atoms with Crippen LogP contribution in [0.4, 0.5) is 5.82 Å². The van der Waals surface area contributed by atoms with Crippen molar-refractivity contribution in [1.82, 2.24) is 14.7 Å². The Morgan fingerprint density at radius 3 is 2.83 bits per heavy atom. The number of benzene rings is 1. The van der Waals surface area contributed by atoms with Gasteiger partial charge in [0, 0.05) is 12.1 Å². The van der Waals surface area contributed by atoms with Gasteiger partial charge in [0.15, 0.2) is 0 Å². The molecule has 1 unspecified atom stereocenters. The van der Waals surface area contributed by atoms with Gasteiger partial charge in [0.1, 0.15) is 5.82 Å². The number of rotatable bonds is 2. The first-order valence-corrected chi connectivity index (χ1v) is 8.78. The van der Waals surface area contributed by atoms with Gasteiger partial charge in [-0.15, -0.1) is 0 Å². The molecule has 1 atom stereocenters. The fourth-order valence-electron chi connectivity index (χ4n) is 3.93. The van der Waals surface area contributed by atoms with Gasteiger partial charge in [-0.05, 0) is 70.0 Å². The smallest absolute Gasteiger partial charge is 0.133 e. The molecular formula is C19H26N4. The minimum absolute atomic E-state index is 0.477. The average Bonchev–Trinajstić information content (AvgIpc) is 3.13. The van der Waals surface area contributed by atoms with Gasteiger partial charge in [-0.1, -0.05) is 12.5 Å². The molecule has 1 aromatic heterocycles. The van der Waals surface area contributed by atoms with Crippen LogP contribution in [0.2, 0.25) is 0 Å². The Balaban J connectivity index is 1.79. The van der Waals surface area contributed by atoms with Gasteiger partial charge < -0.3 is 5.32 Å². The molecule has 23 heavy (non-hydrogen) atoms. The Kier molecular flexibility index (Phi) is 3.64. The molecule has 0 bridgehead atoms. The highest BCUT2D eigenvalue weighted by Crippen LogP contribution is 2.37. The fraction of sp³-hybridized carbons (Fsp3) is 0.526. The van der Waals surface area contributed by atoms with Crippen molar-refractivity contribution in [1.29, 1.82) is 0 Å². The molecule has 1 aromatic carbocycles. The van der Waals surface area contributed by atoms with Crippen LogP contribution >= 0.6 is 0 Å². The molecule has 1 saturated heterocycles. The van der Waals surface area contributed by atoms with E-state index >= 15 is 0 Å². The predicted octanol–water partition coefficient (Wildman–Crippen LogP) is 3.61. The summed E-state index contributed by atoms with van der Waals surface area (Å²) in [5.74, 6) is 1.21. The fourth-order valence-corrected chi connectivity index (χ4v) is 3.93. The number of anilines is 1. The maximum Gasteiger partial charge on any atom is 0.133 e. The van der Waals surface area contributed by atoms with Gasteiger partial charge in [0.25, 0.3) is 0 Å². The zero-order valence-electron chi connectivity index (χ0n) is 14.4. The summed E-state index contributed by atoms with van der Waals surface area (Å²) < 4.78 is 2.13. The van der Waals surface area contributed by atoms with E-state index in [9.17, 15) is 0 Å². The summed E-state index contributed by atoms with van der Waals surface area (Å²) in [6, 6.07) is 7.10. The van der Waals surface area contributed by atoms with Crippen molar-refractivity contribution in [2.24, 2.45) is 0 Å². The van der Waals surface area contributed by atoms with Crippen LogP contribution in [-0.4, -0.2) is 34.8 Å². The number of hydrogen-bond donors (Lipinski definition) is 1. The van der Waals surface area contributed by atoms with E-state index in [1.165, 1.54) is 59.7 Å². The van der Waals surface area contributed by atoms with E-state index in [-0.39, 0.29) is 0 Å². The zero-order valence-corrected chi connectivity index (χ0v) is 14.4. The minimum atomic E-state index is 0.477. The molecule has 4 rings (SSSR count). The second-order valence-electron chi connectivity index (χ2n) is 7.06. The van der Waals surface area contributed by atoms with Crippen molar-refractivity contribution >= 4 is 5.82 Å². The maximum absolute atomic E-state index is 5.06. The van der Waals surface area contributed by atoms with Crippen molar-refractivity contribution in [3.05, 3.63) is 40.6 Å². The molecular weight excluding hydrogens is 284 g/mol. The Morgan fingerprint density at radius 2 is 2.04 bits per heavy atom. The number of aryl methyl sites for hydroxylation is 2. The van der Waals surface area contributed by atoms with E-state index in [1.807, 2.05) is 0 Å². The molecule has 0 amide bonds. The molecule has 0 radical (unpaired) electrons. The van der Waals surface area contributed by atoms with Crippen LogP contribution in [0.5, 0.6) is 0 Å². The molecule has 2 aromatic rings. The third kappa shape index (κ3) is 2.45. The third-order valence-corrected chi connectivity index (χ3v) is 5.50. The lowest BCUT2D eigenvalue weighted by Crippen LogP contribution is -2.30. The number of likely N-dealkylation sites (tertiary alicyclic amines) is 1. The van der Waals surface area contributed by atoms with Crippen LogP contribution < -0.4 is 5.32 Å². The second kappa shape index (κ2) is 5.68. The molecule has 1 N–H and O–H groups in total. The van der Waals surface area contributed by atoms with Crippen LogP contribution in [-0.2, 0) is 6.42 Å². The standard InChI is InChI=1S/C19H26N4/c1-13-7-8-15(12-14(13)2)23-19-16(9-10-20-19)18(21-23)17-6-4-5-11-22(17)3/h7-8,12,17,20H,4-6,9-11H2,1-3H3. The number of piperidine rings is 1. The molecule has 0 aliphatic carbocycles. The lowest BCUT2D eigenvalue weighted by molar-refractivity contribution is 0.182. The van der Waals surface area contributed by atoms with E-state index in [2.05, 4.69) is 54.0 Å². The molecule has 1 fully saturated rings. The molecule has 0 saturated carbocycles. The van der Waals surface area contributed by atoms with Gasteiger partial charge in [0.05, 0.1) is 17.4 Å². The molecule has 0 spiro atoms. The summed E-state index contributed by atoms with van der Waals surface area (Å²) in [5.41, 5.74) is 6.55. The van der Waals surface area contributed by atoms with Crippen LogP contribution in [0.1, 0.15) is 47.7 Å². The predicted molar refractivity (Wildman–Crippen MR) is 94.5 cm³/mol. The maximum atomic E-state index is 5.06. The average molecular weight is 310 g/mol. The Hall–Kier alpha value is -1.81. The summed E-state index contributed by atoms with van der Waals surface area (Å²) in [5, 5.41) is 8.62. The minimum Gasteiger partial charge on any atom is -0.369 e. The summed E-state index contributed by atoms with van der Waals surface area (Å²) in [6.07, 6.45) is 4.95. The Labute approximate surface area is 138 Å². The highest BCUT2D eigenvalue weighted by atomic mass is 15.4. The second-order valence-corrected chi connectivity index (χ2v) is 7.06. The van der Waals surface area contributed by atoms with Crippen LogP contribution in [0.25, 0.3) is 5.69 Å². The summed E-state index contributed by atoms with van der Waals surface area (Å²) in [7, 11) is 2.24. The van der Waals surface area contributed by atoms with Gasteiger partial charge in [-0.2, -0.15) is 5.10 Å². The van der Waals surface area contributed by atoms with Crippen molar-refractivity contribution in [3.63, 3.8) is 0 Å². The summed E-state index contributed by atoms with van der Waals surface area (Å²) in [4.78, 5) is 2.48. The van der Waals surface area contributed by atoms with Gasteiger partial charge in [-0.25, -0.2) is 4.68 Å². The zero-order chi connectivity index (χ0) is 16.0. The quantitative estimate of drug-likeness (QED) is 0.920. The first-order chi connectivity index (χ1) is 11.1.